The molecule has 1 saturated heterocycles. The monoisotopic (exact) mass is 371 g/mol. The Morgan fingerprint density at radius 2 is 1.96 bits per heavy atom. The van der Waals surface area contributed by atoms with Crippen molar-refractivity contribution in [2.45, 2.75) is 37.6 Å². The van der Waals surface area contributed by atoms with Gasteiger partial charge >= 0.3 is 0 Å². The Morgan fingerprint density at radius 1 is 1.15 bits per heavy atom. The molecule has 1 fully saturated rings. The normalized spacial score (nSPS) is 17.5. The number of rotatable bonds is 5. The highest BCUT2D eigenvalue weighted by atomic mass is 32.2. The predicted molar refractivity (Wildman–Crippen MR) is 102 cm³/mol. The minimum atomic E-state index is 0.241. The lowest BCUT2D eigenvalue weighted by Crippen LogP contribution is -2.48. The Morgan fingerprint density at radius 3 is 2.73 bits per heavy atom. The molecule has 1 aliphatic heterocycles. The largest absolute Gasteiger partial charge is 0.360 e. The van der Waals surface area contributed by atoms with Gasteiger partial charge in [0.1, 0.15) is 0 Å². The molecule has 0 spiro atoms. The maximum absolute atomic E-state index is 12.5. The summed E-state index contributed by atoms with van der Waals surface area (Å²) in [4.78, 5) is 18.1. The highest BCUT2D eigenvalue weighted by molar-refractivity contribution is 8.00. The maximum Gasteiger partial charge on any atom is 0.233 e. The van der Waals surface area contributed by atoms with Crippen molar-refractivity contribution in [3.8, 4) is 0 Å². The van der Waals surface area contributed by atoms with E-state index < -0.39 is 0 Å². The van der Waals surface area contributed by atoms with Crippen LogP contribution in [0.15, 0.2) is 33.7 Å². The van der Waals surface area contributed by atoms with E-state index >= 15 is 0 Å². The molecule has 6 heteroatoms. The zero-order valence-electron chi connectivity index (χ0n) is 15.2. The number of nitrogens with zero attached hydrogens (tertiary/aromatic N) is 3. The average molecular weight is 372 g/mol. The number of hydrogen-bond donors (Lipinski definition) is 0. The Bertz CT molecular complexity index is 781. The summed E-state index contributed by atoms with van der Waals surface area (Å²) < 4.78 is 5.28. The quantitative estimate of drug-likeness (QED) is 0.757. The van der Waals surface area contributed by atoms with Crippen LogP contribution < -0.4 is 0 Å². The van der Waals surface area contributed by atoms with Gasteiger partial charge in [0.15, 0.2) is 5.76 Å². The molecule has 1 aromatic heterocycles. The summed E-state index contributed by atoms with van der Waals surface area (Å²) in [6, 6.07) is 8.65. The van der Waals surface area contributed by atoms with Gasteiger partial charge in [-0.15, -0.1) is 11.8 Å². The van der Waals surface area contributed by atoms with Gasteiger partial charge in [-0.1, -0.05) is 11.2 Å². The fraction of sp³-hybridized carbons (Fsp3) is 0.500. The second-order valence-corrected chi connectivity index (χ2v) is 8.21. The number of benzene rings is 1. The first kappa shape index (κ1) is 17.6. The number of aryl methyl sites for hydroxylation is 3. The van der Waals surface area contributed by atoms with Gasteiger partial charge in [-0.05, 0) is 49.4 Å². The SMILES string of the molecule is Cc1cc(CN2CCN(C(=O)CSc3ccc4c(c3)CCC4)CC2)on1. The first-order chi connectivity index (χ1) is 12.7. The molecule has 2 heterocycles. The summed E-state index contributed by atoms with van der Waals surface area (Å²) in [5.74, 6) is 1.67. The molecular formula is C20H25N3O2S. The fourth-order valence-electron chi connectivity index (χ4n) is 3.74. The second kappa shape index (κ2) is 7.84. The van der Waals surface area contributed by atoms with E-state index in [2.05, 4.69) is 28.3 Å². The van der Waals surface area contributed by atoms with E-state index in [9.17, 15) is 4.79 Å². The number of carbonyl (C=O) groups is 1. The van der Waals surface area contributed by atoms with Crippen LogP contribution in [-0.2, 0) is 24.2 Å². The standard InChI is InChI=1S/C20H25N3O2S/c1-15-11-18(25-21-15)13-22-7-9-23(10-8-22)20(24)14-26-19-6-5-16-3-2-4-17(16)12-19/h5-6,11-12H,2-4,7-10,13-14H2,1H3. The Labute approximate surface area is 158 Å². The van der Waals surface area contributed by atoms with E-state index in [1.165, 1.54) is 35.3 Å². The van der Waals surface area contributed by atoms with E-state index in [0.717, 1.165) is 44.2 Å². The number of piperazine rings is 1. The molecule has 138 valence electrons. The number of fused-ring (bicyclic) bond motifs is 1. The lowest BCUT2D eigenvalue weighted by molar-refractivity contribution is -0.130. The van der Waals surface area contributed by atoms with Crippen molar-refractivity contribution < 1.29 is 9.32 Å². The molecule has 2 aliphatic rings. The van der Waals surface area contributed by atoms with Gasteiger partial charge < -0.3 is 9.42 Å². The van der Waals surface area contributed by atoms with Crippen molar-refractivity contribution in [1.29, 1.82) is 0 Å². The number of amides is 1. The number of thioether (sulfide) groups is 1. The van der Waals surface area contributed by atoms with E-state index in [1.54, 1.807) is 11.8 Å². The van der Waals surface area contributed by atoms with Crippen LogP contribution in [-0.4, -0.2) is 52.8 Å². The topological polar surface area (TPSA) is 49.6 Å². The Hall–Kier alpha value is -1.79. The third kappa shape index (κ3) is 4.13. The van der Waals surface area contributed by atoms with Gasteiger partial charge in [0.05, 0.1) is 18.0 Å². The fourth-order valence-corrected chi connectivity index (χ4v) is 4.60. The number of carbonyl (C=O) groups excluding carboxylic acids is 1. The molecular weight excluding hydrogens is 346 g/mol. The van der Waals surface area contributed by atoms with Gasteiger partial charge in [-0.2, -0.15) is 0 Å². The van der Waals surface area contributed by atoms with Crippen LogP contribution in [0.2, 0.25) is 0 Å². The molecule has 1 amide bonds. The van der Waals surface area contributed by atoms with Crippen LogP contribution in [0, 0.1) is 6.92 Å². The summed E-state index contributed by atoms with van der Waals surface area (Å²) in [6.45, 7) is 6.05. The third-order valence-corrected chi connectivity index (χ3v) is 6.19. The molecule has 1 aromatic carbocycles. The van der Waals surface area contributed by atoms with E-state index in [-0.39, 0.29) is 5.91 Å². The van der Waals surface area contributed by atoms with Gasteiger partial charge in [-0.3, -0.25) is 9.69 Å². The summed E-state index contributed by atoms with van der Waals surface area (Å²) >= 11 is 1.67. The highest BCUT2D eigenvalue weighted by Gasteiger charge is 2.22. The van der Waals surface area contributed by atoms with Gasteiger partial charge in [0.25, 0.3) is 0 Å². The van der Waals surface area contributed by atoms with E-state index in [1.807, 2.05) is 17.9 Å². The summed E-state index contributed by atoms with van der Waals surface area (Å²) in [5, 5.41) is 3.93. The number of hydrogen-bond acceptors (Lipinski definition) is 5. The van der Waals surface area contributed by atoms with Crippen molar-refractivity contribution >= 4 is 17.7 Å². The van der Waals surface area contributed by atoms with Crippen LogP contribution in [0.5, 0.6) is 0 Å². The molecule has 0 radical (unpaired) electrons. The van der Waals surface area contributed by atoms with E-state index in [0.29, 0.717) is 5.75 Å². The van der Waals surface area contributed by atoms with Gasteiger partial charge in [-0.25, -0.2) is 0 Å². The molecule has 2 aromatic rings. The molecule has 0 saturated carbocycles. The molecule has 4 rings (SSSR count). The van der Waals surface area contributed by atoms with Crippen molar-refractivity contribution in [3.63, 3.8) is 0 Å². The van der Waals surface area contributed by atoms with Crippen molar-refractivity contribution in [1.82, 2.24) is 15.0 Å². The molecule has 0 unspecified atom stereocenters. The molecule has 26 heavy (non-hydrogen) atoms. The summed E-state index contributed by atoms with van der Waals surface area (Å²) in [7, 11) is 0. The third-order valence-electron chi connectivity index (χ3n) is 5.21. The zero-order valence-corrected chi connectivity index (χ0v) is 16.1. The smallest absolute Gasteiger partial charge is 0.233 e. The first-order valence-electron chi connectivity index (χ1n) is 9.34. The lowest BCUT2D eigenvalue weighted by atomic mass is 10.1. The van der Waals surface area contributed by atoms with Crippen LogP contribution in [0.1, 0.15) is 29.0 Å². The predicted octanol–water partition coefficient (Wildman–Crippen LogP) is 2.91. The molecule has 0 N–H and O–H groups in total. The molecule has 1 aliphatic carbocycles. The highest BCUT2D eigenvalue weighted by Crippen LogP contribution is 2.27. The molecule has 5 nitrogen and oxygen atoms in total. The van der Waals surface area contributed by atoms with Crippen molar-refractivity contribution in [3.05, 3.63) is 46.8 Å². The van der Waals surface area contributed by atoms with Crippen LogP contribution in [0.25, 0.3) is 0 Å². The van der Waals surface area contributed by atoms with Crippen LogP contribution in [0.3, 0.4) is 0 Å². The molecule has 0 bridgehead atoms. The number of aromatic nitrogens is 1. The van der Waals surface area contributed by atoms with Crippen molar-refractivity contribution in [2.24, 2.45) is 0 Å². The maximum atomic E-state index is 12.5. The van der Waals surface area contributed by atoms with Crippen LogP contribution >= 0.6 is 11.8 Å². The average Bonchev–Trinajstić information content (AvgIpc) is 3.28. The second-order valence-electron chi connectivity index (χ2n) is 7.16. The lowest BCUT2D eigenvalue weighted by Gasteiger charge is -2.34. The van der Waals surface area contributed by atoms with Crippen LogP contribution in [0.4, 0.5) is 0 Å². The summed E-state index contributed by atoms with van der Waals surface area (Å²) in [6.07, 6.45) is 3.65. The minimum Gasteiger partial charge on any atom is -0.360 e. The van der Waals surface area contributed by atoms with Crippen molar-refractivity contribution in [2.75, 3.05) is 31.9 Å². The zero-order chi connectivity index (χ0) is 17.9. The Balaban J connectivity index is 1.23. The van der Waals surface area contributed by atoms with Gasteiger partial charge in [0.2, 0.25) is 5.91 Å². The van der Waals surface area contributed by atoms with Gasteiger partial charge in [0, 0.05) is 37.1 Å². The Kier molecular flexibility index (Phi) is 5.31. The minimum absolute atomic E-state index is 0.241. The summed E-state index contributed by atoms with van der Waals surface area (Å²) in [5.41, 5.74) is 3.87. The van der Waals surface area contributed by atoms with E-state index in [4.69, 9.17) is 4.52 Å². The molecule has 0 atom stereocenters. The first-order valence-corrected chi connectivity index (χ1v) is 10.3.